The van der Waals surface area contributed by atoms with E-state index in [1.807, 2.05) is 0 Å². The second-order valence-electron chi connectivity index (χ2n) is 6.80. The fourth-order valence-corrected chi connectivity index (χ4v) is 4.73. The molecule has 1 saturated carbocycles. The van der Waals surface area contributed by atoms with Crippen LogP contribution >= 0.6 is 11.3 Å². The molecule has 0 radical (unpaired) electrons. The Morgan fingerprint density at radius 1 is 1.38 bits per heavy atom. The first-order valence-electron chi connectivity index (χ1n) is 8.22. The summed E-state index contributed by atoms with van der Waals surface area (Å²) in [4.78, 5) is 15.0. The van der Waals surface area contributed by atoms with E-state index in [1.54, 1.807) is 11.3 Å². The SMILES string of the molecule is CCC1NC(c2ccsc2)N(C2CCC(C)CC2C)C1=O. The van der Waals surface area contributed by atoms with Gasteiger partial charge in [0.05, 0.1) is 6.04 Å². The van der Waals surface area contributed by atoms with Gasteiger partial charge in [-0.2, -0.15) is 11.3 Å². The summed E-state index contributed by atoms with van der Waals surface area (Å²) >= 11 is 1.71. The molecule has 0 aromatic carbocycles. The van der Waals surface area contributed by atoms with Gasteiger partial charge < -0.3 is 4.90 Å². The fraction of sp³-hybridized carbons (Fsp3) is 0.706. The molecule has 1 aliphatic carbocycles. The molecule has 4 heteroatoms. The number of hydrogen-bond donors (Lipinski definition) is 1. The van der Waals surface area contributed by atoms with Gasteiger partial charge in [0.25, 0.3) is 0 Å². The molecule has 1 saturated heterocycles. The molecular formula is C17H26N2OS. The third kappa shape index (κ3) is 2.76. The Morgan fingerprint density at radius 3 is 2.81 bits per heavy atom. The smallest absolute Gasteiger partial charge is 0.241 e. The summed E-state index contributed by atoms with van der Waals surface area (Å²) in [6.45, 7) is 6.75. The van der Waals surface area contributed by atoms with Crippen LogP contribution in [-0.4, -0.2) is 22.9 Å². The van der Waals surface area contributed by atoms with E-state index in [9.17, 15) is 4.79 Å². The van der Waals surface area contributed by atoms with E-state index in [2.05, 4.69) is 47.8 Å². The molecule has 5 atom stereocenters. The Bertz CT molecular complexity index is 487. The number of hydrogen-bond acceptors (Lipinski definition) is 3. The van der Waals surface area contributed by atoms with Crippen molar-refractivity contribution >= 4 is 17.2 Å². The first-order chi connectivity index (χ1) is 10.1. The van der Waals surface area contributed by atoms with Gasteiger partial charge in [-0.05, 0) is 59.9 Å². The van der Waals surface area contributed by atoms with Crippen LogP contribution in [0.3, 0.4) is 0 Å². The molecule has 116 valence electrons. The highest BCUT2D eigenvalue weighted by molar-refractivity contribution is 7.07. The lowest BCUT2D eigenvalue weighted by Gasteiger charge is -2.41. The van der Waals surface area contributed by atoms with E-state index in [0.29, 0.717) is 17.9 Å². The van der Waals surface area contributed by atoms with Crippen molar-refractivity contribution in [2.45, 2.75) is 64.7 Å². The van der Waals surface area contributed by atoms with E-state index in [1.165, 1.54) is 18.4 Å². The van der Waals surface area contributed by atoms with Crippen LogP contribution in [0.5, 0.6) is 0 Å². The van der Waals surface area contributed by atoms with Crippen molar-refractivity contribution in [1.82, 2.24) is 10.2 Å². The number of thiophene rings is 1. The molecule has 3 nitrogen and oxygen atoms in total. The molecule has 5 unspecified atom stereocenters. The molecule has 2 heterocycles. The average molecular weight is 306 g/mol. The van der Waals surface area contributed by atoms with Gasteiger partial charge in [0.1, 0.15) is 6.17 Å². The van der Waals surface area contributed by atoms with Crippen LogP contribution in [0.4, 0.5) is 0 Å². The lowest BCUT2D eigenvalue weighted by atomic mass is 9.79. The number of amides is 1. The maximum absolute atomic E-state index is 12.8. The number of carbonyl (C=O) groups is 1. The molecule has 1 amide bonds. The summed E-state index contributed by atoms with van der Waals surface area (Å²) in [5.74, 6) is 1.69. The maximum Gasteiger partial charge on any atom is 0.241 e. The Kier molecular flexibility index (Phi) is 4.36. The van der Waals surface area contributed by atoms with Gasteiger partial charge >= 0.3 is 0 Å². The third-order valence-corrected chi connectivity index (χ3v) is 5.90. The summed E-state index contributed by atoms with van der Waals surface area (Å²) in [5, 5.41) is 7.83. The van der Waals surface area contributed by atoms with Gasteiger partial charge in [0.2, 0.25) is 5.91 Å². The highest BCUT2D eigenvalue weighted by Crippen LogP contribution is 2.38. The Balaban J connectivity index is 1.87. The first kappa shape index (κ1) is 15.0. The minimum absolute atomic E-state index is 0.0125. The Hall–Kier alpha value is -0.870. The van der Waals surface area contributed by atoms with Crippen molar-refractivity contribution in [3.8, 4) is 0 Å². The van der Waals surface area contributed by atoms with E-state index in [4.69, 9.17) is 0 Å². The summed E-state index contributed by atoms with van der Waals surface area (Å²) in [7, 11) is 0. The van der Waals surface area contributed by atoms with Crippen molar-refractivity contribution < 1.29 is 4.79 Å². The van der Waals surface area contributed by atoms with Crippen LogP contribution in [0.2, 0.25) is 0 Å². The van der Waals surface area contributed by atoms with Crippen molar-refractivity contribution in [2.24, 2.45) is 11.8 Å². The molecular weight excluding hydrogens is 280 g/mol. The minimum atomic E-state index is -0.0125. The predicted molar refractivity (Wildman–Crippen MR) is 87.1 cm³/mol. The van der Waals surface area contributed by atoms with Crippen LogP contribution in [0.15, 0.2) is 16.8 Å². The molecule has 2 fully saturated rings. The quantitative estimate of drug-likeness (QED) is 0.921. The fourth-order valence-electron chi connectivity index (χ4n) is 4.05. The number of nitrogens with zero attached hydrogens (tertiary/aromatic N) is 1. The summed E-state index contributed by atoms with van der Waals surface area (Å²) in [6.07, 6.45) is 4.57. The van der Waals surface area contributed by atoms with E-state index in [0.717, 1.165) is 18.8 Å². The largest absolute Gasteiger partial charge is 0.318 e. The average Bonchev–Trinajstić information content (AvgIpc) is 3.07. The second-order valence-corrected chi connectivity index (χ2v) is 7.58. The molecule has 3 rings (SSSR count). The van der Waals surface area contributed by atoms with Crippen molar-refractivity contribution in [3.63, 3.8) is 0 Å². The molecule has 0 bridgehead atoms. The molecule has 1 aliphatic heterocycles. The van der Waals surface area contributed by atoms with Gasteiger partial charge in [0, 0.05) is 6.04 Å². The van der Waals surface area contributed by atoms with Gasteiger partial charge in [-0.15, -0.1) is 0 Å². The molecule has 1 aromatic heterocycles. The molecule has 1 aromatic rings. The molecule has 2 aliphatic rings. The van der Waals surface area contributed by atoms with Crippen LogP contribution in [0, 0.1) is 11.8 Å². The monoisotopic (exact) mass is 306 g/mol. The van der Waals surface area contributed by atoms with Gasteiger partial charge in [-0.1, -0.05) is 20.8 Å². The molecule has 0 spiro atoms. The van der Waals surface area contributed by atoms with Crippen molar-refractivity contribution in [1.29, 1.82) is 0 Å². The first-order valence-corrected chi connectivity index (χ1v) is 9.16. The van der Waals surface area contributed by atoms with Crippen LogP contribution in [0.1, 0.15) is 58.2 Å². The summed E-state index contributed by atoms with van der Waals surface area (Å²) < 4.78 is 0. The maximum atomic E-state index is 12.8. The van der Waals surface area contributed by atoms with Crippen molar-refractivity contribution in [2.75, 3.05) is 0 Å². The van der Waals surface area contributed by atoms with E-state index in [-0.39, 0.29) is 12.2 Å². The highest BCUT2D eigenvalue weighted by atomic mass is 32.1. The topological polar surface area (TPSA) is 32.3 Å². The van der Waals surface area contributed by atoms with Crippen molar-refractivity contribution in [3.05, 3.63) is 22.4 Å². The summed E-state index contributed by atoms with van der Waals surface area (Å²) in [6, 6.07) is 2.53. The zero-order chi connectivity index (χ0) is 15.0. The van der Waals surface area contributed by atoms with E-state index < -0.39 is 0 Å². The summed E-state index contributed by atoms with van der Waals surface area (Å²) in [5.41, 5.74) is 1.25. The zero-order valence-electron chi connectivity index (χ0n) is 13.2. The van der Waals surface area contributed by atoms with Crippen LogP contribution < -0.4 is 5.32 Å². The lowest BCUT2D eigenvalue weighted by molar-refractivity contribution is -0.134. The Labute approximate surface area is 131 Å². The minimum Gasteiger partial charge on any atom is -0.318 e. The van der Waals surface area contributed by atoms with Gasteiger partial charge in [-0.25, -0.2) is 0 Å². The third-order valence-electron chi connectivity index (χ3n) is 5.20. The van der Waals surface area contributed by atoms with Crippen LogP contribution in [0.25, 0.3) is 0 Å². The van der Waals surface area contributed by atoms with Crippen LogP contribution in [-0.2, 0) is 4.79 Å². The number of rotatable bonds is 3. The zero-order valence-corrected chi connectivity index (χ0v) is 14.0. The molecule has 1 N–H and O–H groups in total. The number of carbonyl (C=O) groups excluding carboxylic acids is 1. The Morgan fingerprint density at radius 2 is 2.19 bits per heavy atom. The number of nitrogens with one attached hydrogen (secondary N) is 1. The normalized spacial score (nSPS) is 37.2. The molecule has 21 heavy (non-hydrogen) atoms. The standard InChI is InChI=1S/C17H26N2OS/c1-4-14-17(20)19(15-6-5-11(2)9-12(15)3)16(18-14)13-7-8-21-10-13/h7-8,10-12,14-16,18H,4-6,9H2,1-3H3. The lowest BCUT2D eigenvalue weighted by Crippen LogP contribution is -2.46. The highest BCUT2D eigenvalue weighted by Gasteiger charge is 2.44. The van der Waals surface area contributed by atoms with Gasteiger partial charge in [-0.3, -0.25) is 10.1 Å². The van der Waals surface area contributed by atoms with E-state index >= 15 is 0 Å². The van der Waals surface area contributed by atoms with Gasteiger partial charge in [0.15, 0.2) is 0 Å². The predicted octanol–water partition coefficient (Wildman–Crippen LogP) is 3.78. The second kappa shape index (κ2) is 6.09.